The molecule has 0 radical (unpaired) electrons. The van der Waals surface area contributed by atoms with Crippen LogP contribution in [0.4, 0.5) is 5.82 Å². The van der Waals surface area contributed by atoms with Crippen LogP contribution < -0.4 is 5.73 Å². The van der Waals surface area contributed by atoms with Crippen molar-refractivity contribution in [3.8, 4) is 0 Å². The summed E-state index contributed by atoms with van der Waals surface area (Å²) in [6, 6.07) is 7.72. The van der Waals surface area contributed by atoms with Gasteiger partial charge in [-0.15, -0.1) is 5.10 Å². The Kier molecular flexibility index (Phi) is 4.02. The molecule has 1 heterocycles. The fraction of sp³-hybridized carbons (Fsp3) is 0.273. The van der Waals surface area contributed by atoms with Crippen LogP contribution in [0.25, 0.3) is 0 Å². The Hall–Kier alpha value is -1.97. The van der Waals surface area contributed by atoms with Crippen LogP contribution in [0, 0.1) is 0 Å². The Morgan fingerprint density at radius 1 is 1.30 bits per heavy atom. The Morgan fingerprint density at radius 3 is 2.55 bits per heavy atom. The number of rotatable bonds is 5. The van der Waals surface area contributed by atoms with Crippen LogP contribution in [-0.2, 0) is 16.4 Å². The second-order valence-electron chi connectivity index (χ2n) is 4.11. The van der Waals surface area contributed by atoms with Crippen molar-refractivity contribution in [3.05, 3.63) is 30.3 Å². The lowest BCUT2D eigenvalue weighted by Gasteiger charge is -2.07. The topological polar surface area (TPSA) is 131 Å². The quantitative estimate of drug-likeness (QED) is 0.648. The number of anilines is 1. The van der Waals surface area contributed by atoms with E-state index in [0.29, 0.717) is 0 Å². The molecule has 0 saturated carbocycles. The minimum absolute atomic E-state index is 0.0569. The number of nitrogen functional groups attached to an aromatic ring is 1. The fourth-order valence-electron chi connectivity index (χ4n) is 1.60. The molecule has 0 amide bonds. The van der Waals surface area contributed by atoms with Crippen LogP contribution in [0.15, 0.2) is 40.3 Å². The molecule has 1 aromatic carbocycles. The summed E-state index contributed by atoms with van der Waals surface area (Å²) in [6.45, 7) is -0.625. The van der Waals surface area contributed by atoms with Crippen LogP contribution in [0.3, 0.4) is 0 Å². The summed E-state index contributed by atoms with van der Waals surface area (Å²) < 4.78 is 25.7. The first-order valence-corrected chi connectivity index (χ1v) is 7.23. The second kappa shape index (κ2) is 5.57. The molecular formula is C11H14N4O4S. The third-order valence-corrected chi connectivity index (χ3v) is 4.34. The maximum absolute atomic E-state index is 12.3. The smallest absolute Gasteiger partial charge is 0.229 e. The highest BCUT2D eigenvalue weighted by molar-refractivity contribution is 7.91. The zero-order valence-corrected chi connectivity index (χ0v) is 11.2. The van der Waals surface area contributed by atoms with Gasteiger partial charge in [-0.05, 0) is 12.1 Å². The number of hydrogen-bond donors (Lipinski definition) is 3. The Bertz CT molecular complexity index is 684. The molecule has 0 aliphatic heterocycles. The van der Waals surface area contributed by atoms with E-state index in [-0.39, 0.29) is 22.3 Å². The van der Waals surface area contributed by atoms with Crippen molar-refractivity contribution in [1.82, 2.24) is 15.0 Å². The van der Waals surface area contributed by atoms with E-state index in [1.54, 1.807) is 18.2 Å². The molecule has 0 fully saturated rings. The summed E-state index contributed by atoms with van der Waals surface area (Å²) in [4.78, 5) is 0.0569. The lowest BCUT2D eigenvalue weighted by molar-refractivity contribution is 0.0783. The van der Waals surface area contributed by atoms with E-state index in [4.69, 9.17) is 10.8 Å². The molecule has 8 nitrogen and oxygen atoms in total. The lowest BCUT2D eigenvalue weighted by Crippen LogP contribution is -2.22. The average Bonchev–Trinajstić information content (AvgIpc) is 2.81. The summed E-state index contributed by atoms with van der Waals surface area (Å²) in [5.74, 6) is -0.179. The minimum Gasteiger partial charge on any atom is -0.394 e. The number of nitrogens with two attached hydrogens (primary N) is 1. The first kappa shape index (κ1) is 14.4. The highest BCUT2D eigenvalue weighted by Crippen LogP contribution is 2.23. The van der Waals surface area contributed by atoms with E-state index in [9.17, 15) is 13.5 Å². The second-order valence-corrected chi connectivity index (χ2v) is 5.98. The summed E-state index contributed by atoms with van der Waals surface area (Å²) in [6.07, 6.45) is -1.09. The van der Waals surface area contributed by atoms with Gasteiger partial charge in [-0.3, -0.25) is 0 Å². The van der Waals surface area contributed by atoms with E-state index >= 15 is 0 Å². The molecular weight excluding hydrogens is 284 g/mol. The molecule has 1 atom stereocenters. The summed E-state index contributed by atoms with van der Waals surface area (Å²) in [5, 5.41) is 24.9. The summed E-state index contributed by atoms with van der Waals surface area (Å²) >= 11 is 0. The molecule has 1 unspecified atom stereocenters. The predicted molar refractivity (Wildman–Crippen MR) is 69.4 cm³/mol. The van der Waals surface area contributed by atoms with Crippen LogP contribution in [0.2, 0.25) is 0 Å². The van der Waals surface area contributed by atoms with Gasteiger partial charge in [0.25, 0.3) is 0 Å². The van der Waals surface area contributed by atoms with Crippen molar-refractivity contribution in [2.24, 2.45) is 0 Å². The summed E-state index contributed by atoms with van der Waals surface area (Å²) in [7, 11) is -3.85. The van der Waals surface area contributed by atoms with Gasteiger partial charge in [-0.2, -0.15) is 0 Å². The zero-order chi connectivity index (χ0) is 14.8. The standard InChI is InChI=1S/C11H14N4O4S/c12-10-11(13-14-15(10)6-8(17)7-16)20(18,19)9-4-2-1-3-5-9/h1-5,8,16-17H,6-7,12H2. The van der Waals surface area contributed by atoms with Crippen LogP contribution >= 0.6 is 0 Å². The maximum atomic E-state index is 12.3. The van der Waals surface area contributed by atoms with Gasteiger partial charge in [0.15, 0.2) is 5.82 Å². The first-order chi connectivity index (χ1) is 9.46. The number of hydrogen-bond acceptors (Lipinski definition) is 7. The Labute approximate surface area is 115 Å². The van der Waals surface area contributed by atoms with Gasteiger partial charge in [-0.25, -0.2) is 13.1 Å². The normalized spacial score (nSPS) is 13.3. The third kappa shape index (κ3) is 2.64. The molecule has 0 saturated heterocycles. The molecule has 20 heavy (non-hydrogen) atoms. The molecule has 108 valence electrons. The maximum Gasteiger partial charge on any atom is 0.229 e. The largest absolute Gasteiger partial charge is 0.394 e. The fourth-order valence-corrected chi connectivity index (χ4v) is 2.86. The highest BCUT2D eigenvalue weighted by Gasteiger charge is 2.26. The molecule has 1 aromatic heterocycles. The van der Waals surface area contributed by atoms with E-state index in [1.807, 2.05) is 0 Å². The van der Waals surface area contributed by atoms with E-state index in [1.165, 1.54) is 12.1 Å². The van der Waals surface area contributed by atoms with Crippen molar-refractivity contribution in [2.45, 2.75) is 22.6 Å². The van der Waals surface area contributed by atoms with E-state index < -0.39 is 22.5 Å². The molecule has 4 N–H and O–H groups in total. The molecule has 0 aliphatic carbocycles. The number of aliphatic hydroxyl groups is 2. The number of nitrogens with zero attached hydrogens (tertiary/aromatic N) is 3. The van der Waals surface area contributed by atoms with Gasteiger partial charge in [0, 0.05) is 0 Å². The van der Waals surface area contributed by atoms with Crippen molar-refractivity contribution in [2.75, 3.05) is 12.3 Å². The van der Waals surface area contributed by atoms with Crippen molar-refractivity contribution in [3.63, 3.8) is 0 Å². The number of benzene rings is 1. The minimum atomic E-state index is -3.85. The van der Waals surface area contributed by atoms with Crippen molar-refractivity contribution < 1.29 is 18.6 Å². The zero-order valence-electron chi connectivity index (χ0n) is 10.4. The molecule has 2 rings (SSSR count). The van der Waals surface area contributed by atoms with Crippen LogP contribution in [0.1, 0.15) is 0 Å². The predicted octanol–water partition coefficient (Wildman–Crippen LogP) is -0.954. The highest BCUT2D eigenvalue weighted by atomic mass is 32.2. The molecule has 2 aromatic rings. The number of aromatic nitrogens is 3. The van der Waals surface area contributed by atoms with Gasteiger partial charge < -0.3 is 15.9 Å². The molecule has 0 spiro atoms. The van der Waals surface area contributed by atoms with Gasteiger partial charge >= 0.3 is 0 Å². The average molecular weight is 298 g/mol. The van der Waals surface area contributed by atoms with Crippen molar-refractivity contribution >= 4 is 15.7 Å². The SMILES string of the molecule is Nc1c(S(=O)(=O)c2ccccc2)nnn1CC(O)CO. The van der Waals surface area contributed by atoms with Crippen molar-refractivity contribution in [1.29, 1.82) is 0 Å². The number of sulfone groups is 1. The molecule has 9 heteroatoms. The van der Waals surface area contributed by atoms with Crippen LogP contribution in [-0.4, -0.2) is 46.3 Å². The molecule has 0 aliphatic rings. The first-order valence-electron chi connectivity index (χ1n) is 5.75. The number of aliphatic hydroxyl groups excluding tert-OH is 2. The van der Waals surface area contributed by atoms with Gasteiger partial charge in [-0.1, -0.05) is 23.4 Å². The van der Waals surface area contributed by atoms with Crippen LogP contribution in [0.5, 0.6) is 0 Å². The lowest BCUT2D eigenvalue weighted by atomic mass is 10.4. The van der Waals surface area contributed by atoms with Gasteiger partial charge in [0.2, 0.25) is 14.9 Å². The van der Waals surface area contributed by atoms with E-state index in [0.717, 1.165) is 4.68 Å². The van der Waals surface area contributed by atoms with Gasteiger partial charge in [0.1, 0.15) is 0 Å². The monoisotopic (exact) mass is 298 g/mol. The Balaban J connectivity index is 2.40. The van der Waals surface area contributed by atoms with Gasteiger partial charge in [0.05, 0.1) is 24.2 Å². The molecule has 0 bridgehead atoms. The Morgan fingerprint density at radius 2 is 1.95 bits per heavy atom. The third-order valence-electron chi connectivity index (χ3n) is 2.64. The van der Waals surface area contributed by atoms with E-state index in [2.05, 4.69) is 10.3 Å². The summed E-state index contributed by atoms with van der Waals surface area (Å²) in [5.41, 5.74) is 5.70.